The highest BCUT2D eigenvalue weighted by molar-refractivity contribution is 5.73. The van der Waals surface area contributed by atoms with Gasteiger partial charge in [0.05, 0.1) is 0 Å². The van der Waals surface area contributed by atoms with Crippen molar-refractivity contribution < 1.29 is 23.1 Å². The van der Waals surface area contributed by atoms with E-state index < -0.39 is 12.1 Å². The summed E-state index contributed by atoms with van der Waals surface area (Å²) in [6.07, 6.45) is 12.6. The molecule has 1 N–H and O–H groups in total. The van der Waals surface area contributed by atoms with Crippen LogP contribution in [0.1, 0.15) is 103 Å². The van der Waals surface area contributed by atoms with Gasteiger partial charge in [0.1, 0.15) is 11.6 Å². The van der Waals surface area contributed by atoms with E-state index in [4.69, 9.17) is 15.0 Å². The number of nitrogens with zero attached hydrogens (tertiary/aromatic N) is 3. The molecule has 1 aromatic heterocycles. The summed E-state index contributed by atoms with van der Waals surface area (Å²) in [6.45, 7) is 8.93. The van der Waals surface area contributed by atoms with Crippen LogP contribution < -0.4 is 0 Å². The van der Waals surface area contributed by atoms with Gasteiger partial charge in [-0.2, -0.15) is 13.2 Å². The molecular formula is C25H38F3N3O2. The van der Waals surface area contributed by atoms with Crippen molar-refractivity contribution in [3.63, 3.8) is 0 Å². The second-order valence-electron chi connectivity index (χ2n) is 12.7. The van der Waals surface area contributed by atoms with Gasteiger partial charge in [0.25, 0.3) is 0 Å². The van der Waals surface area contributed by atoms with Gasteiger partial charge >= 0.3 is 12.1 Å². The Morgan fingerprint density at radius 2 is 1.36 bits per heavy atom. The maximum atomic E-state index is 10.6. The third-order valence-electron chi connectivity index (χ3n) is 8.43. The van der Waals surface area contributed by atoms with Crippen molar-refractivity contribution in [2.45, 2.75) is 117 Å². The van der Waals surface area contributed by atoms with E-state index in [0.717, 1.165) is 13.0 Å². The fourth-order valence-corrected chi connectivity index (χ4v) is 9.11. The third kappa shape index (κ3) is 5.24. The second-order valence-corrected chi connectivity index (χ2v) is 12.7. The van der Waals surface area contributed by atoms with Crippen LogP contribution in [-0.2, 0) is 24.2 Å². The standard InChI is InChI=1S/C23H37N3.C2HF3O2/c1-20-12-21(2)14-22(3,13-20)17-23(15-20,16-21)11-19-25-24-18-9-7-5-4-6-8-10-26(18)19;3-2(4,5)1(6)7/h4-17H2,1-3H3;(H,6,7). The quantitative estimate of drug-likeness (QED) is 0.548. The molecule has 4 fully saturated rings. The van der Waals surface area contributed by atoms with Crippen molar-refractivity contribution in [1.29, 1.82) is 0 Å². The molecule has 4 saturated carbocycles. The number of aromatic nitrogens is 3. The normalized spacial score (nSPS) is 37.9. The van der Waals surface area contributed by atoms with Crippen LogP contribution in [0.25, 0.3) is 0 Å². The molecular weight excluding hydrogens is 431 g/mol. The third-order valence-corrected chi connectivity index (χ3v) is 8.43. The Morgan fingerprint density at radius 1 is 0.879 bits per heavy atom. The predicted molar refractivity (Wildman–Crippen MR) is 119 cm³/mol. The van der Waals surface area contributed by atoms with Gasteiger partial charge in [-0.05, 0) is 73.0 Å². The summed E-state index contributed by atoms with van der Waals surface area (Å²) in [5.74, 6) is -0.164. The Morgan fingerprint density at radius 3 is 1.88 bits per heavy atom. The van der Waals surface area contributed by atoms with E-state index in [0.29, 0.717) is 21.7 Å². The van der Waals surface area contributed by atoms with Gasteiger partial charge in [-0.25, -0.2) is 4.79 Å². The van der Waals surface area contributed by atoms with Crippen molar-refractivity contribution in [2.75, 3.05) is 0 Å². The number of fused-ring (bicyclic) bond motifs is 1. The molecule has 0 spiro atoms. The largest absolute Gasteiger partial charge is 0.490 e. The molecule has 0 radical (unpaired) electrons. The van der Waals surface area contributed by atoms with Crippen molar-refractivity contribution in [3.8, 4) is 0 Å². The van der Waals surface area contributed by atoms with Gasteiger partial charge in [-0.1, -0.05) is 40.0 Å². The summed E-state index contributed by atoms with van der Waals surface area (Å²) >= 11 is 0. The molecule has 0 saturated heterocycles. The first-order chi connectivity index (χ1) is 15.2. The molecule has 6 rings (SSSR count). The Labute approximate surface area is 194 Å². The lowest BCUT2D eigenvalue weighted by Crippen LogP contribution is -2.59. The molecule has 5 nitrogen and oxygen atoms in total. The van der Waals surface area contributed by atoms with Gasteiger partial charge in [0.2, 0.25) is 0 Å². The number of carboxylic acids is 1. The summed E-state index contributed by atoms with van der Waals surface area (Å²) in [6, 6.07) is 0. The van der Waals surface area contributed by atoms with Gasteiger partial charge in [-0.15, -0.1) is 10.2 Å². The number of halogens is 3. The molecule has 0 atom stereocenters. The van der Waals surface area contributed by atoms with Crippen molar-refractivity contribution in [2.24, 2.45) is 21.7 Å². The Hall–Kier alpha value is -1.60. The fourth-order valence-electron chi connectivity index (χ4n) is 9.11. The van der Waals surface area contributed by atoms with Crippen molar-refractivity contribution >= 4 is 5.97 Å². The van der Waals surface area contributed by atoms with Crippen LogP contribution in [0.4, 0.5) is 13.2 Å². The van der Waals surface area contributed by atoms with E-state index in [2.05, 4.69) is 30.4 Å². The highest BCUT2D eigenvalue weighted by Gasteiger charge is 2.64. The zero-order valence-electron chi connectivity index (χ0n) is 20.2. The average molecular weight is 470 g/mol. The molecule has 33 heavy (non-hydrogen) atoms. The monoisotopic (exact) mass is 469 g/mol. The number of aliphatic carboxylic acids is 1. The van der Waals surface area contributed by atoms with E-state index >= 15 is 0 Å². The van der Waals surface area contributed by atoms with Crippen LogP contribution >= 0.6 is 0 Å². The minimum atomic E-state index is -5.08. The van der Waals surface area contributed by atoms with E-state index in [1.54, 1.807) is 0 Å². The van der Waals surface area contributed by atoms with Crippen molar-refractivity contribution in [3.05, 3.63) is 11.6 Å². The Bertz CT molecular complexity index is 840. The van der Waals surface area contributed by atoms with Gasteiger partial charge < -0.3 is 9.67 Å². The van der Waals surface area contributed by atoms with Crippen molar-refractivity contribution in [1.82, 2.24) is 14.8 Å². The number of hydrogen-bond acceptors (Lipinski definition) is 3. The minimum Gasteiger partial charge on any atom is -0.475 e. The van der Waals surface area contributed by atoms with Crippen LogP contribution in [0.2, 0.25) is 0 Å². The lowest BCUT2D eigenvalue weighted by Gasteiger charge is -2.69. The van der Waals surface area contributed by atoms with Gasteiger partial charge in [0, 0.05) is 19.4 Å². The fraction of sp³-hybridized carbons (Fsp3) is 0.880. The molecule has 8 heteroatoms. The minimum absolute atomic E-state index is 0.481. The van der Waals surface area contributed by atoms with Crippen LogP contribution in [0, 0.1) is 21.7 Å². The summed E-state index contributed by atoms with van der Waals surface area (Å²) in [5, 5.41) is 16.6. The molecule has 5 aliphatic rings. The molecule has 0 unspecified atom stereocenters. The predicted octanol–water partition coefficient (Wildman–Crippen LogP) is 6.35. The van der Waals surface area contributed by atoms with Crippen LogP contribution in [0.3, 0.4) is 0 Å². The second kappa shape index (κ2) is 8.26. The smallest absolute Gasteiger partial charge is 0.475 e. The molecule has 0 amide bonds. The van der Waals surface area contributed by atoms with Gasteiger partial charge in [0.15, 0.2) is 0 Å². The number of alkyl halides is 3. The number of rotatable bonds is 2. The lowest BCUT2D eigenvalue weighted by molar-refractivity contribution is -0.192. The zero-order chi connectivity index (χ0) is 24.1. The molecule has 4 aliphatic carbocycles. The highest BCUT2D eigenvalue weighted by atomic mass is 19.4. The Kier molecular flexibility index (Phi) is 6.14. The number of carboxylic acid groups (broad SMARTS) is 1. The topological polar surface area (TPSA) is 68.0 Å². The summed E-state index contributed by atoms with van der Waals surface area (Å²) in [7, 11) is 0. The molecule has 0 aromatic carbocycles. The van der Waals surface area contributed by atoms with Crippen LogP contribution in [0.15, 0.2) is 0 Å². The van der Waals surface area contributed by atoms with E-state index in [9.17, 15) is 13.2 Å². The van der Waals surface area contributed by atoms with Crippen LogP contribution in [-0.4, -0.2) is 32.0 Å². The van der Waals surface area contributed by atoms with E-state index in [1.165, 1.54) is 88.7 Å². The number of hydrogen-bond donors (Lipinski definition) is 1. The van der Waals surface area contributed by atoms with E-state index in [-0.39, 0.29) is 0 Å². The summed E-state index contributed by atoms with van der Waals surface area (Å²) < 4.78 is 34.3. The summed E-state index contributed by atoms with van der Waals surface area (Å²) in [5.41, 5.74) is 2.17. The zero-order valence-corrected chi connectivity index (χ0v) is 20.2. The molecule has 1 aliphatic heterocycles. The number of carbonyl (C=O) groups is 1. The van der Waals surface area contributed by atoms with Gasteiger partial charge in [-0.3, -0.25) is 0 Å². The first kappa shape index (κ1) is 24.5. The number of aryl methyl sites for hydroxylation is 1. The molecule has 4 bridgehead atoms. The highest BCUT2D eigenvalue weighted by Crippen LogP contribution is 2.74. The SMILES string of the molecule is CC12CC3(C)CC(C)(C1)CC(Cc1nnc4n1CCCCCCC4)(C2)C3.O=C(O)C(F)(F)F. The molecule has 1 aromatic rings. The first-order valence-electron chi connectivity index (χ1n) is 12.5. The average Bonchev–Trinajstić information content (AvgIpc) is 3.01. The molecule has 2 heterocycles. The summed E-state index contributed by atoms with van der Waals surface area (Å²) in [4.78, 5) is 8.90. The maximum absolute atomic E-state index is 10.6. The molecule has 186 valence electrons. The Balaban J connectivity index is 0.000000325. The van der Waals surface area contributed by atoms with E-state index in [1.807, 2.05) is 0 Å². The lowest BCUT2D eigenvalue weighted by atomic mass is 9.36. The first-order valence-corrected chi connectivity index (χ1v) is 12.5. The maximum Gasteiger partial charge on any atom is 0.490 e. The van der Waals surface area contributed by atoms with Crippen LogP contribution in [0.5, 0.6) is 0 Å².